The molecule has 8 heteroatoms. The Labute approximate surface area is 203 Å². The molecule has 0 spiro atoms. The molecule has 1 amide bonds. The number of aromatic amines is 1. The summed E-state index contributed by atoms with van der Waals surface area (Å²) in [6.07, 6.45) is 9.64. The Balaban J connectivity index is 1.55. The zero-order valence-corrected chi connectivity index (χ0v) is 19.8. The first-order valence-corrected chi connectivity index (χ1v) is 11.9. The normalized spacial score (nSPS) is 15.5. The van der Waals surface area contributed by atoms with E-state index in [-0.39, 0.29) is 17.7 Å². The van der Waals surface area contributed by atoms with Crippen molar-refractivity contribution in [3.8, 4) is 22.9 Å². The lowest BCUT2D eigenvalue weighted by molar-refractivity contribution is -0.129. The topological polar surface area (TPSA) is 101 Å². The highest BCUT2D eigenvalue weighted by Gasteiger charge is 2.31. The maximum atomic E-state index is 12.3. The molecule has 0 bridgehead atoms. The molecule has 8 nitrogen and oxygen atoms in total. The number of benzene rings is 1. The van der Waals surface area contributed by atoms with Crippen LogP contribution >= 0.6 is 0 Å². The minimum atomic E-state index is -0.0754. The second-order valence-corrected chi connectivity index (χ2v) is 8.78. The second kappa shape index (κ2) is 9.66. The summed E-state index contributed by atoms with van der Waals surface area (Å²) in [5, 5.41) is 0.958. The molecular formula is C27H27N5O3. The van der Waals surface area contributed by atoms with Crippen LogP contribution in [0.25, 0.3) is 22.3 Å². The summed E-state index contributed by atoms with van der Waals surface area (Å²) in [6, 6.07) is 9.44. The van der Waals surface area contributed by atoms with Crippen molar-refractivity contribution in [2.24, 2.45) is 0 Å². The highest BCUT2D eigenvalue weighted by Crippen LogP contribution is 2.41. The monoisotopic (exact) mass is 469 g/mol. The summed E-state index contributed by atoms with van der Waals surface area (Å²) in [7, 11) is 0. The quantitative estimate of drug-likeness (QED) is 0.360. The van der Waals surface area contributed by atoms with Crippen molar-refractivity contribution in [2.45, 2.75) is 45.6 Å². The zero-order valence-electron chi connectivity index (χ0n) is 19.8. The molecule has 1 aliphatic heterocycles. The van der Waals surface area contributed by atoms with Gasteiger partial charge in [0, 0.05) is 48.7 Å². The maximum Gasteiger partial charge on any atom is 0.219 e. The maximum absolute atomic E-state index is 12.3. The zero-order chi connectivity index (χ0) is 24.4. The molecule has 178 valence electrons. The van der Waals surface area contributed by atoms with Crippen molar-refractivity contribution in [3.63, 3.8) is 0 Å². The third-order valence-corrected chi connectivity index (χ3v) is 6.33. The Morgan fingerprint density at radius 2 is 2.03 bits per heavy atom. The molecule has 5 rings (SSSR count). The molecule has 1 saturated heterocycles. The van der Waals surface area contributed by atoms with Crippen molar-refractivity contribution < 1.29 is 14.3 Å². The fourth-order valence-corrected chi connectivity index (χ4v) is 4.66. The number of fused-ring (bicyclic) bond motifs is 1. The van der Waals surface area contributed by atoms with E-state index in [0.717, 1.165) is 53.7 Å². The summed E-state index contributed by atoms with van der Waals surface area (Å²) in [5.41, 5.74) is 3.90. The smallest absolute Gasteiger partial charge is 0.219 e. The first kappa shape index (κ1) is 22.7. The minimum absolute atomic E-state index is 0.0214. The molecule has 1 fully saturated rings. The SMILES string of the molecule is CCCC(=O)c1ccc(Oc2cc3cc(-c4cnccn4)[nH]c3cc2[C@H]2CCCN2C(C)=O)cn1. The van der Waals surface area contributed by atoms with Crippen molar-refractivity contribution in [2.75, 3.05) is 6.54 Å². The van der Waals surface area contributed by atoms with Gasteiger partial charge < -0.3 is 14.6 Å². The Kier molecular flexibility index (Phi) is 6.27. The van der Waals surface area contributed by atoms with Gasteiger partial charge in [-0.2, -0.15) is 0 Å². The summed E-state index contributed by atoms with van der Waals surface area (Å²) >= 11 is 0. The van der Waals surface area contributed by atoms with Gasteiger partial charge in [-0.1, -0.05) is 6.92 Å². The molecule has 4 heterocycles. The van der Waals surface area contributed by atoms with Crippen molar-refractivity contribution >= 4 is 22.6 Å². The molecule has 1 atom stereocenters. The third kappa shape index (κ3) is 4.64. The van der Waals surface area contributed by atoms with Gasteiger partial charge in [-0.15, -0.1) is 0 Å². The lowest BCUT2D eigenvalue weighted by Crippen LogP contribution is -2.28. The third-order valence-electron chi connectivity index (χ3n) is 6.33. The van der Waals surface area contributed by atoms with Crippen LogP contribution in [-0.2, 0) is 4.79 Å². The van der Waals surface area contributed by atoms with E-state index in [1.54, 1.807) is 43.8 Å². The van der Waals surface area contributed by atoms with Crippen molar-refractivity contribution in [3.05, 3.63) is 66.4 Å². The van der Waals surface area contributed by atoms with E-state index >= 15 is 0 Å². The number of pyridine rings is 1. The Morgan fingerprint density at radius 3 is 2.74 bits per heavy atom. The molecule has 1 aromatic carbocycles. The summed E-state index contributed by atoms with van der Waals surface area (Å²) in [4.78, 5) is 42.7. The summed E-state index contributed by atoms with van der Waals surface area (Å²) < 4.78 is 6.31. The molecule has 1 aliphatic rings. The number of aromatic nitrogens is 4. The number of H-pyrrole nitrogens is 1. The van der Waals surface area contributed by atoms with Gasteiger partial charge >= 0.3 is 0 Å². The van der Waals surface area contributed by atoms with Gasteiger partial charge in [-0.05, 0) is 49.6 Å². The lowest BCUT2D eigenvalue weighted by Gasteiger charge is -2.25. The van der Waals surface area contributed by atoms with E-state index < -0.39 is 0 Å². The van der Waals surface area contributed by atoms with E-state index in [2.05, 4.69) is 26.0 Å². The average molecular weight is 470 g/mol. The van der Waals surface area contributed by atoms with Gasteiger partial charge in [0.2, 0.25) is 5.91 Å². The Bertz CT molecular complexity index is 1370. The number of likely N-dealkylation sites (tertiary alicyclic amines) is 1. The standard InChI is InChI=1S/C27H27N5O3/c1-3-5-26(34)21-8-7-19(15-30-21)35-27-13-18-12-23(24-16-28-9-10-29-24)31-22(18)14-20(27)25-6-4-11-32(25)17(2)33/h7-10,12-16,25,31H,3-6,11H2,1-2H3/t25-/m1/s1. The van der Waals surface area contributed by atoms with Gasteiger partial charge in [0.1, 0.15) is 22.9 Å². The number of hydrogen-bond acceptors (Lipinski definition) is 6. The molecule has 3 aromatic heterocycles. The van der Waals surface area contributed by atoms with Crippen molar-refractivity contribution in [1.82, 2.24) is 24.8 Å². The second-order valence-electron chi connectivity index (χ2n) is 8.78. The number of Topliss-reactive ketones (excluding diaryl/α,β-unsaturated/α-hetero) is 1. The van der Waals surface area contributed by atoms with E-state index in [4.69, 9.17) is 4.74 Å². The van der Waals surface area contributed by atoms with E-state index in [1.165, 1.54) is 0 Å². The predicted molar refractivity (Wildman–Crippen MR) is 132 cm³/mol. The van der Waals surface area contributed by atoms with E-state index in [9.17, 15) is 9.59 Å². The van der Waals surface area contributed by atoms with Gasteiger partial charge in [-0.3, -0.25) is 19.6 Å². The van der Waals surface area contributed by atoms with Crippen LogP contribution in [0.15, 0.2) is 55.1 Å². The number of amides is 1. The fourth-order valence-electron chi connectivity index (χ4n) is 4.66. The summed E-state index contributed by atoms with van der Waals surface area (Å²) in [5.74, 6) is 1.27. The van der Waals surface area contributed by atoms with Crippen molar-refractivity contribution in [1.29, 1.82) is 0 Å². The number of nitrogens with zero attached hydrogens (tertiary/aromatic N) is 4. The van der Waals surface area contributed by atoms with Crippen LogP contribution < -0.4 is 4.74 Å². The predicted octanol–water partition coefficient (Wildman–Crippen LogP) is 5.48. The van der Waals surface area contributed by atoms with Crippen LogP contribution in [0, 0.1) is 0 Å². The van der Waals surface area contributed by atoms with Gasteiger partial charge in [0.05, 0.1) is 24.1 Å². The van der Waals surface area contributed by atoms with Crippen LogP contribution in [0.1, 0.15) is 61.6 Å². The minimum Gasteiger partial charge on any atom is -0.455 e. The molecule has 4 aromatic rings. The first-order chi connectivity index (χ1) is 17.0. The van der Waals surface area contributed by atoms with Gasteiger partial charge in [0.15, 0.2) is 5.78 Å². The van der Waals surface area contributed by atoms with E-state index in [1.807, 2.05) is 24.0 Å². The molecule has 0 unspecified atom stereocenters. The van der Waals surface area contributed by atoms with Gasteiger partial charge in [-0.25, -0.2) is 4.98 Å². The lowest BCUT2D eigenvalue weighted by atomic mass is 10.0. The Hall–Kier alpha value is -4.07. The van der Waals surface area contributed by atoms with Gasteiger partial charge in [0.25, 0.3) is 0 Å². The highest BCUT2D eigenvalue weighted by atomic mass is 16.5. The number of carbonyl (C=O) groups is 2. The largest absolute Gasteiger partial charge is 0.455 e. The van der Waals surface area contributed by atoms with E-state index in [0.29, 0.717) is 23.6 Å². The fraction of sp³-hybridized carbons (Fsp3) is 0.296. The average Bonchev–Trinajstić information content (AvgIpc) is 3.52. The van der Waals surface area contributed by atoms with Crippen LogP contribution in [-0.4, -0.2) is 43.1 Å². The molecule has 0 saturated carbocycles. The Morgan fingerprint density at radius 1 is 1.14 bits per heavy atom. The van der Waals surface area contributed by atoms with Crippen LogP contribution in [0.5, 0.6) is 11.5 Å². The molecule has 1 N–H and O–H groups in total. The molecule has 0 radical (unpaired) electrons. The number of ether oxygens (including phenoxy) is 1. The number of hydrogen-bond donors (Lipinski definition) is 1. The van der Waals surface area contributed by atoms with Crippen LogP contribution in [0.2, 0.25) is 0 Å². The first-order valence-electron chi connectivity index (χ1n) is 11.9. The molecule has 0 aliphatic carbocycles. The number of carbonyl (C=O) groups excluding carboxylic acids is 2. The number of rotatable bonds is 7. The number of ketones is 1. The molecule has 35 heavy (non-hydrogen) atoms. The summed E-state index contributed by atoms with van der Waals surface area (Å²) in [6.45, 7) is 4.30. The molecular weight excluding hydrogens is 442 g/mol. The van der Waals surface area contributed by atoms with Crippen LogP contribution in [0.4, 0.5) is 0 Å². The highest BCUT2D eigenvalue weighted by molar-refractivity contribution is 5.94. The number of nitrogens with one attached hydrogen (secondary N) is 1. The van der Waals surface area contributed by atoms with Crippen LogP contribution in [0.3, 0.4) is 0 Å².